The molecule has 4 rings (SSSR count). The van der Waals surface area contributed by atoms with Gasteiger partial charge in [-0.2, -0.15) is 0 Å². The number of nitrogens with zero attached hydrogens (tertiary/aromatic N) is 2. The van der Waals surface area contributed by atoms with Crippen LogP contribution in [0.15, 0.2) is 30.6 Å². The number of ether oxygens (including phenoxy) is 1. The normalized spacial score (nSPS) is 22.0. The molecule has 0 radical (unpaired) electrons. The Morgan fingerprint density at radius 2 is 2.11 bits per heavy atom. The average Bonchev–Trinajstić information content (AvgIpc) is 3.00. The monoisotopic (exact) mass is 383 g/mol. The highest BCUT2D eigenvalue weighted by Gasteiger charge is 2.45. The van der Waals surface area contributed by atoms with E-state index in [1.807, 2.05) is 25.4 Å². The molecule has 2 aliphatic rings. The fourth-order valence-corrected chi connectivity index (χ4v) is 4.49. The first-order valence-corrected chi connectivity index (χ1v) is 10.2. The first-order chi connectivity index (χ1) is 13.5. The molecule has 1 saturated carbocycles. The number of nitrogens with one attached hydrogen (secondary N) is 1. The summed E-state index contributed by atoms with van der Waals surface area (Å²) in [6, 6.07) is 7.68. The lowest BCUT2D eigenvalue weighted by atomic mass is 9.70. The first kappa shape index (κ1) is 19.2. The largest absolute Gasteiger partial charge is 0.480 e. The number of aliphatic carboxylic acids is 1. The number of imidazole rings is 1. The quantitative estimate of drug-likeness (QED) is 0.800. The second-order valence-corrected chi connectivity index (χ2v) is 8.29. The number of carboxylic acids is 1. The Labute approximate surface area is 165 Å². The number of hydrogen-bond donors (Lipinski definition) is 2. The molecule has 2 fully saturated rings. The molecule has 2 heterocycles. The average molecular weight is 383 g/mol. The van der Waals surface area contributed by atoms with Gasteiger partial charge in [0.2, 0.25) is 0 Å². The summed E-state index contributed by atoms with van der Waals surface area (Å²) in [5.74, 6) is -0.634. The van der Waals surface area contributed by atoms with E-state index in [1.54, 1.807) is 0 Å². The van der Waals surface area contributed by atoms with Crippen LogP contribution in [0.5, 0.6) is 0 Å². The van der Waals surface area contributed by atoms with Crippen molar-refractivity contribution in [3.05, 3.63) is 47.5 Å². The highest BCUT2D eigenvalue weighted by atomic mass is 16.5. The molecular formula is C22H29N3O3. The van der Waals surface area contributed by atoms with Gasteiger partial charge in [0.15, 0.2) is 0 Å². The predicted molar refractivity (Wildman–Crippen MR) is 107 cm³/mol. The van der Waals surface area contributed by atoms with Gasteiger partial charge in [0.05, 0.1) is 17.6 Å². The number of carbonyl (C=O) groups is 1. The second-order valence-electron chi connectivity index (χ2n) is 8.29. The minimum absolute atomic E-state index is 0.0409. The van der Waals surface area contributed by atoms with Crippen molar-refractivity contribution >= 4 is 5.97 Å². The Hall–Kier alpha value is -2.18. The highest BCUT2D eigenvalue weighted by molar-refractivity contribution is 5.74. The van der Waals surface area contributed by atoms with E-state index in [4.69, 9.17) is 4.74 Å². The van der Waals surface area contributed by atoms with Gasteiger partial charge >= 0.3 is 5.97 Å². The van der Waals surface area contributed by atoms with Gasteiger partial charge in [-0.3, -0.25) is 4.79 Å². The third-order valence-electron chi connectivity index (χ3n) is 6.53. The molecule has 0 amide bonds. The summed E-state index contributed by atoms with van der Waals surface area (Å²) in [5.41, 5.74) is 4.25. The molecule has 0 bridgehead atoms. The fourth-order valence-electron chi connectivity index (χ4n) is 4.49. The summed E-state index contributed by atoms with van der Waals surface area (Å²) in [4.78, 5) is 16.2. The Bertz CT molecular complexity index is 839. The molecule has 2 atom stereocenters. The molecule has 2 aromatic rings. The molecule has 1 aliphatic carbocycles. The fraction of sp³-hybridized carbons (Fsp3) is 0.545. The van der Waals surface area contributed by atoms with Gasteiger partial charge in [0.25, 0.3) is 0 Å². The number of aromatic nitrogens is 2. The molecule has 2 N–H and O–H groups in total. The lowest BCUT2D eigenvalue weighted by Gasteiger charge is -2.48. The topological polar surface area (TPSA) is 76.4 Å². The summed E-state index contributed by atoms with van der Waals surface area (Å²) in [6.45, 7) is 5.27. The van der Waals surface area contributed by atoms with Crippen molar-refractivity contribution in [2.45, 2.75) is 64.1 Å². The van der Waals surface area contributed by atoms with E-state index >= 15 is 0 Å². The molecule has 1 saturated heterocycles. The zero-order valence-electron chi connectivity index (χ0n) is 16.6. The molecule has 1 aliphatic heterocycles. The third-order valence-corrected chi connectivity index (χ3v) is 6.53. The SMILES string of the molecule is Cc1ncn(-c2ccc(CNC(C(=O)O)C3CCOC4(CCC4)C3)cc2)c1C. The van der Waals surface area contributed by atoms with Crippen LogP contribution in [-0.4, -0.2) is 38.9 Å². The van der Waals surface area contributed by atoms with Gasteiger partial charge in [-0.05, 0) is 69.6 Å². The number of hydrogen-bond acceptors (Lipinski definition) is 4. The maximum Gasteiger partial charge on any atom is 0.320 e. The van der Waals surface area contributed by atoms with Gasteiger partial charge in [-0.15, -0.1) is 0 Å². The maximum atomic E-state index is 11.9. The molecular weight excluding hydrogens is 354 g/mol. The molecule has 1 aromatic carbocycles. The van der Waals surface area contributed by atoms with Gasteiger partial charge in [-0.1, -0.05) is 12.1 Å². The Kier molecular flexibility index (Phi) is 5.25. The minimum Gasteiger partial charge on any atom is -0.480 e. The first-order valence-electron chi connectivity index (χ1n) is 10.2. The van der Waals surface area contributed by atoms with Gasteiger partial charge in [0, 0.05) is 24.5 Å². The van der Waals surface area contributed by atoms with Crippen LogP contribution in [0.2, 0.25) is 0 Å². The van der Waals surface area contributed by atoms with Crippen LogP contribution in [0.4, 0.5) is 0 Å². The van der Waals surface area contributed by atoms with E-state index in [1.165, 1.54) is 6.42 Å². The van der Waals surface area contributed by atoms with Crippen LogP contribution < -0.4 is 5.32 Å². The van der Waals surface area contributed by atoms with Crippen LogP contribution in [0.1, 0.15) is 49.1 Å². The van der Waals surface area contributed by atoms with Gasteiger partial charge in [-0.25, -0.2) is 4.98 Å². The lowest BCUT2D eigenvalue weighted by molar-refractivity contribution is -0.158. The molecule has 6 heteroatoms. The molecule has 1 aromatic heterocycles. The van der Waals surface area contributed by atoms with Crippen molar-refractivity contribution in [3.63, 3.8) is 0 Å². The van der Waals surface area contributed by atoms with E-state index in [9.17, 15) is 9.90 Å². The van der Waals surface area contributed by atoms with Crippen molar-refractivity contribution in [2.75, 3.05) is 6.61 Å². The Balaban J connectivity index is 1.40. The van der Waals surface area contributed by atoms with Crippen LogP contribution in [0.3, 0.4) is 0 Å². The maximum absolute atomic E-state index is 11.9. The number of benzene rings is 1. The van der Waals surface area contributed by atoms with E-state index in [2.05, 4.69) is 33.9 Å². The molecule has 1 spiro atoms. The van der Waals surface area contributed by atoms with Crippen molar-refractivity contribution in [1.29, 1.82) is 0 Å². The summed E-state index contributed by atoms with van der Waals surface area (Å²) < 4.78 is 8.02. The predicted octanol–water partition coefficient (Wildman–Crippen LogP) is 3.38. The van der Waals surface area contributed by atoms with Crippen molar-refractivity contribution in [1.82, 2.24) is 14.9 Å². The highest BCUT2D eigenvalue weighted by Crippen LogP contribution is 2.45. The van der Waals surface area contributed by atoms with Gasteiger partial charge < -0.3 is 19.7 Å². The van der Waals surface area contributed by atoms with Crippen molar-refractivity contribution in [3.8, 4) is 5.69 Å². The van der Waals surface area contributed by atoms with Crippen LogP contribution in [-0.2, 0) is 16.1 Å². The molecule has 28 heavy (non-hydrogen) atoms. The summed E-state index contributed by atoms with van der Waals surface area (Å²) in [7, 11) is 0. The number of aryl methyl sites for hydroxylation is 1. The van der Waals surface area contributed by atoms with Gasteiger partial charge in [0.1, 0.15) is 6.04 Å². The summed E-state index contributed by atoms with van der Waals surface area (Å²) in [5, 5.41) is 13.1. The minimum atomic E-state index is -0.762. The van der Waals surface area contributed by atoms with E-state index < -0.39 is 12.0 Å². The van der Waals surface area contributed by atoms with Crippen LogP contribution >= 0.6 is 0 Å². The molecule has 150 valence electrons. The van der Waals surface area contributed by atoms with Crippen molar-refractivity contribution < 1.29 is 14.6 Å². The second kappa shape index (κ2) is 7.68. The van der Waals surface area contributed by atoms with E-state index in [0.29, 0.717) is 13.2 Å². The standard InChI is InChI=1S/C22H29N3O3/c1-15-16(2)25(14-24-15)19-6-4-17(5-7-19)13-23-20(21(26)27)18-8-11-28-22(12-18)9-3-10-22/h4-7,14,18,20,23H,3,8-13H2,1-2H3,(H,26,27). The Morgan fingerprint density at radius 1 is 1.36 bits per heavy atom. The third kappa shape index (κ3) is 3.71. The number of carboxylic acid groups (broad SMARTS) is 1. The molecule has 2 unspecified atom stereocenters. The van der Waals surface area contributed by atoms with Crippen LogP contribution in [0, 0.1) is 19.8 Å². The smallest absolute Gasteiger partial charge is 0.320 e. The van der Waals surface area contributed by atoms with Crippen LogP contribution in [0.25, 0.3) is 5.69 Å². The zero-order chi connectivity index (χ0) is 19.7. The lowest BCUT2D eigenvalue weighted by Crippen LogP contribution is -2.52. The summed E-state index contributed by atoms with van der Waals surface area (Å²) >= 11 is 0. The van der Waals surface area contributed by atoms with E-state index in [0.717, 1.165) is 48.3 Å². The zero-order valence-corrected chi connectivity index (χ0v) is 16.6. The number of rotatable bonds is 6. The van der Waals surface area contributed by atoms with E-state index in [-0.39, 0.29) is 11.5 Å². The Morgan fingerprint density at radius 3 is 2.68 bits per heavy atom. The molecule has 6 nitrogen and oxygen atoms in total. The van der Waals surface area contributed by atoms with Crippen molar-refractivity contribution in [2.24, 2.45) is 5.92 Å². The summed E-state index contributed by atoms with van der Waals surface area (Å²) in [6.07, 6.45) is 6.84.